The van der Waals surface area contributed by atoms with Gasteiger partial charge in [0.25, 0.3) is 0 Å². The van der Waals surface area contributed by atoms with Crippen LogP contribution in [0.1, 0.15) is 36.5 Å². The molecule has 2 nitrogen and oxygen atoms in total. The van der Waals surface area contributed by atoms with Crippen LogP contribution in [-0.4, -0.2) is 5.91 Å². The normalized spacial score (nSPS) is 10.8. The van der Waals surface area contributed by atoms with Crippen LogP contribution in [0.4, 0.5) is 5.69 Å². The molecule has 0 atom stereocenters. The molecule has 0 aliphatic heterocycles. The second-order valence-electron chi connectivity index (χ2n) is 5.67. The van der Waals surface area contributed by atoms with E-state index in [4.69, 9.17) is 23.2 Å². The molecule has 0 aliphatic carbocycles. The number of benzene rings is 2. The Morgan fingerprint density at radius 1 is 1.14 bits per heavy atom. The minimum atomic E-state index is -0.0606. The average Bonchev–Trinajstić information content (AvgIpc) is 2.45. The number of hydrogen-bond acceptors (Lipinski definition) is 1. The van der Waals surface area contributed by atoms with Crippen LogP contribution < -0.4 is 5.32 Å². The molecule has 1 N–H and O–H groups in total. The van der Waals surface area contributed by atoms with Crippen molar-refractivity contribution < 1.29 is 4.79 Å². The predicted molar refractivity (Wildman–Crippen MR) is 94.1 cm³/mol. The molecule has 0 saturated carbocycles. The summed E-state index contributed by atoms with van der Waals surface area (Å²) >= 11 is 11.9. The lowest BCUT2D eigenvalue weighted by molar-refractivity contribution is -0.115. The van der Waals surface area contributed by atoms with Crippen molar-refractivity contribution in [1.29, 1.82) is 0 Å². The summed E-state index contributed by atoms with van der Waals surface area (Å²) in [5.74, 6) is 0.287. The number of amides is 1. The van der Waals surface area contributed by atoms with Crippen molar-refractivity contribution in [3.63, 3.8) is 0 Å². The van der Waals surface area contributed by atoms with Crippen molar-refractivity contribution in [2.24, 2.45) is 0 Å². The molecule has 2 aromatic carbocycles. The van der Waals surface area contributed by atoms with E-state index >= 15 is 0 Å². The van der Waals surface area contributed by atoms with Crippen LogP contribution in [0.2, 0.25) is 10.0 Å². The maximum atomic E-state index is 12.3. The second kappa shape index (κ2) is 7.17. The van der Waals surface area contributed by atoms with Gasteiger partial charge < -0.3 is 5.32 Å². The quantitative estimate of drug-likeness (QED) is 0.773. The summed E-state index contributed by atoms with van der Waals surface area (Å²) in [6, 6.07) is 11.3. The minimum absolute atomic E-state index is 0.0606. The minimum Gasteiger partial charge on any atom is -0.325 e. The van der Waals surface area contributed by atoms with Crippen LogP contribution in [-0.2, 0) is 11.2 Å². The van der Waals surface area contributed by atoms with Gasteiger partial charge in [-0.15, -0.1) is 0 Å². The molecule has 2 aromatic rings. The fourth-order valence-corrected chi connectivity index (χ4v) is 2.68. The van der Waals surface area contributed by atoms with Crippen molar-refractivity contribution in [3.8, 4) is 0 Å². The molecule has 0 saturated heterocycles. The highest BCUT2D eigenvalue weighted by atomic mass is 35.5. The number of hydrogen-bond donors (Lipinski definition) is 1. The zero-order valence-electron chi connectivity index (χ0n) is 12.9. The molecule has 2 rings (SSSR count). The van der Waals surface area contributed by atoms with Crippen LogP contribution in [0.25, 0.3) is 0 Å². The Kier molecular flexibility index (Phi) is 5.49. The van der Waals surface area contributed by atoms with Gasteiger partial charge in [0.05, 0.1) is 16.5 Å². The lowest BCUT2D eigenvalue weighted by Crippen LogP contribution is -2.16. The zero-order chi connectivity index (χ0) is 16.3. The van der Waals surface area contributed by atoms with Gasteiger partial charge in [-0.1, -0.05) is 61.3 Å². The SMILES string of the molecule is Cc1cccc(C(C)C)c1NC(=O)Cc1ccc(Cl)c(Cl)c1. The Hall–Kier alpha value is -1.51. The van der Waals surface area contributed by atoms with Gasteiger partial charge in [0, 0.05) is 5.69 Å². The molecular weight excluding hydrogens is 317 g/mol. The molecule has 0 radical (unpaired) electrons. The van der Waals surface area contributed by atoms with Crippen molar-refractivity contribution in [2.75, 3.05) is 5.32 Å². The third-order valence-corrected chi connectivity index (χ3v) is 4.28. The molecule has 22 heavy (non-hydrogen) atoms. The van der Waals surface area contributed by atoms with Crippen LogP contribution in [0, 0.1) is 6.92 Å². The van der Waals surface area contributed by atoms with Crippen LogP contribution >= 0.6 is 23.2 Å². The van der Waals surface area contributed by atoms with Crippen molar-refractivity contribution >= 4 is 34.8 Å². The molecule has 0 bridgehead atoms. The van der Waals surface area contributed by atoms with Gasteiger partial charge in [0.2, 0.25) is 5.91 Å². The zero-order valence-corrected chi connectivity index (χ0v) is 14.4. The lowest BCUT2D eigenvalue weighted by Gasteiger charge is -2.16. The summed E-state index contributed by atoms with van der Waals surface area (Å²) in [6.45, 7) is 6.23. The molecule has 0 heterocycles. The Morgan fingerprint density at radius 2 is 1.86 bits per heavy atom. The molecule has 0 unspecified atom stereocenters. The lowest BCUT2D eigenvalue weighted by atomic mass is 9.98. The second-order valence-corrected chi connectivity index (χ2v) is 6.48. The summed E-state index contributed by atoms with van der Waals surface area (Å²) in [6.07, 6.45) is 0.267. The van der Waals surface area contributed by atoms with E-state index in [2.05, 4.69) is 19.2 Å². The van der Waals surface area contributed by atoms with E-state index in [1.54, 1.807) is 12.1 Å². The highest BCUT2D eigenvalue weighted by Crippen LogP contribution is 2.28. The first kappa shape index (κ1) is 16.9. The van der Waals surface area contributed by atoms with Gasteiger partial charge in [0.1, 0.15) is 0 Å². The van der Waals surface area contributed by atoms with E-state index in [1.165, 1.54) is 0 Å². The molecule has 0 aliphatic rings. The van der Waals surface area contributed by atoms with E-state index in [9.17, 15) is 4.79 Å². The van der Waals surface area contributed by atoms with E-state index in [0.717, 1.165) is 22.4 Å². The maximum Gasteiger partial charge on any atom is 0.228 e. The van der Waals surface area contributed by atoms with Gasteiger partial charge in [-0.25, -0.2) is 0 Å². The first-order valence-corrected chi connectivity index (χ1v) is 7.97. The molecule has 0 fully saturated rings. The van der Waals surface area contributed by atoms with E-state index in [0.29, 0.717) is 16.0 Å². The fourth-order valence-electron chi connectivity index (χ4n) is 2.36. The molecule has 1 amide bonds. The fraction of sp³-hybridized carbons (Fsp3) is 0.278. The average molecular weight is 336 g/mol. The highest BCUT2D eigenvalue weighted by molar-refractivity contribution is 6.42. The number of para-hydroxylation sites is 1. The molecule has 4 heteroatoms. The molecular formula is C18H19Cl2NO. The Balaban J connectivity index is 2.17. The van der Waals surface area contributed by atoms with E-state index < -0.39 is 0 Å². The van der Waals surface area contributed by atoms with Gasteiger partial charge in [0.15, 0.2) is 0 Å². The van der Waals surface area contributed by atoms with E-state index in [-0.39, 0.29) is 12.3 Å². The number of halogens is 2. The maximum absolute atomic E-state index is 12.3. The Morgan fingerprint density at radius 3 is 2.50 bits per heavy atom. The monoisotopic (exact) mass is 335 g/mol. The molecule has 0 aromatic heterocycles. The Labute approximate surface area is 141 Å². The first-order chi connectivity index (χ1) is 10.4. The largest absolute Gasteiger partial charge is 0.325 e. The summed E-state index contributed by atoms with van der Waals surface area (Å²) in [5.41, 5.74) is 3.95. The summed E-state index contributed by atoms with van der Waals surface area (Å²) in [4.78, 5) is 12.3. The van der Waals surface area contributed by atoms with Crippen molar-refractivity contribution in [2.45, 2.75) is 33.1 Å². The number of carbonyl (C=O) groups is 1. The Bertz CT molecular complexity index is 695. The van der Waals surface area contributed by atoms with Gasteiger partial charge in [-0.2, -0.15) is 0 Å². The molecule has 116 valence electrons. The van der Waals surface area contributed by atoms with Crippen LogP contribution in [0.3, 0.4) is 0 Å². The van der Waals surface area contributed by atoms with Crippen LogP contribution in [0.15, 0.2) is 36.4 Å². The summed E-state index contributed by atoms with van der Waals surface area (Å²) in [7, 11) is 0. The standard InChI is InChI=1S/C18H19Cl2NO/c1-11(2)14-6-4-5-12(3)18(14)21-17(22)10-13-7-8-15(19)16(20)9-13/h4-9,11H,10H2,1-3H3,(H,21,22). The highest BCUT2D eigenvalue weighted by Gasteiger charge is 2.12. The smallest absolute Gasteiger partial charge is 0.228 e. The predicted octanol–water partition coefficient (Wildman–Crippen LogP) is 5.61. The number of anilines is 1. The van der Waals surface area contributed by atoms with E-state index in [1.807, 2.05) is 31.2 Å². The summed E-state index contributed by atoms with van der Waals surface area (Å²) in [5, 5.41) is 3.98. The molecule has 0 spiro atoms. The number of carbonyl (C=O) groups excluding carboxylic acids is 1. The van der Waals surface area contributed by atoms with Gasteiger partial charge in [-0.05, 0) is 41.7 Å². The van der Waals surface area contributed by atoms with Crippen LogP contribution in [0.5, 0.6) is 0 Å². The first-order valence-electron chi connectivity index (χ1n) is 7.21. The topological polar surface area (TPSA) is 29.1 Å². The number of rotatable bonds is 4. The number of aryl methyl sites for hydroxylation is 1. The van der Waals surface area contributed by atoms with Gasteiger partial charge >= 0.3 is 0 Å². The summed E-state index contributed by atoms with van der Waals surface area (Å²) < 4.78 is 0. The van der Waals surface area contributed by atoms with Crippen molar-refractivity contribution in [1.82, 2.24) is 0 Å². The third-order valence-electron chi connectivity index (χ3n) is 3.54. The van der Waals surface area contributed by atoms with Gasteiger partial charge in [-0.3, -0.25) is 4.79 Å². The number of nitrogens with one attached hydrogen (secondary N) is 1. The third kappa shape index (κ3) is 4.02. The van der Waals surface area contributed by atoms with Crippen molar-refractivity contribution in [3.05, 3.63) is 63.1 Å².